The lowest BCUT2D eigenvalue weighted by atomic mass is 9.84. The van der Waals surface area contributed by atoms with E-state index in [0.29, 0.717) is 43.8 Å². The van der Waals surface area contributed by atoms with Crippen molar-refractivity contribution in [3.63, 3.8) is 0 Å². The van der Waals surface area contributed by atoms with E-state index in [9.17, 15) is 13.6 Å². The highest BCUT2D eigenvalue weighted by Gasteiger charge is 2.28. The van der Waals surface area contributed by atoms with Gasteiger partial charge in [0.05, 0.1) is 5.69 Å². The molecule has 0 radical (unpaired) electrons. The van der Waals surface area contributed by atoms with Crippen molar-refractivity contribution in [2.75, 3.05) is 31.1 Å². The lowest BCUT2D eigenvalue weighted by molar-refractivity contribution is 0.0736. The molecule has 2 aliphatic rings. The Labute approximate surface area is 213 Å². The molecule has 2 aromatic carbocycles. The number of halogens is 2. The zero-order chi connectivity index (χ0) is 25.4. The van der Waals surface area contributed by atoms with E-state index in [4.69, 9.17) is 5.10 Å². The normalized spacial score (nSPS) is 16.9. The van der Waals surface area contributed by atoms with Crippen LogP contribution in [-0.4, -0.2) is 56.6 Å². The molecule has 9 heteroatoms. The van der Waals surface area contributed by atoms with Gasteiger partial charge < -0.3 is 9.80 Å². The molecule has 4 aromatic rings. The predicted octanol–water partition coefficient (Wildman–Crippen LogP) is 5.08. The van der Waals surface area contributed by atoms with E-state index in [1.807, 2.05) is 11.0 Å². The van der Waals surface area contributed by atoms with Gasteiger partial charge in [0.15, 0.2) is 0 Å². The zero-order valence-electron chi connectivity index (χ0n) is 20.5. The van der Waals surface area contributed by atoms with Crippen LogP contribution in [0.1, 0.15) is 53.9 Å². The molecule has 1 amide bonds. The third kappa shape index (κ3) is 4.54. The van der Waals surface area contributed by atoms with Crippen LogP contribution in [0, 0.1) is 11.6 Å². The quantitative estimate of drug-likeness (QED) is 0.389. The Morgan fingerprint density at radius 2 is 1.57 bits per heavy atom. The number of hydrogen-bond donors (Lipinski definition) is 0. The molecule has 7 nitrogen and oxygen atoms in total. The van der Waals surface area contributed by atoms with Crippen molar-refractivity contribution in [2.45, 2.75) is 38.0 Å². The molecule has 1 saturated carbocycles. The minimum atomic E-state index is -0.847. The molecule has 190 valence electrons. The highest BCUT2D eigenvalue weighted by molar-refractivity contribution is 5.95. The molecule has 2 fully saturated rings. The summed E-state index contributed by atoms with van der Waals surface area (Å²) in [6.07, 6.45) is 8.22. The molecule has 1 aliphatic heterocycles. The van der Waals surface area contributed by atoms with Crippen LogP contribution in [-0.2, 0) is 0 Å². The lowest BCUT2D eigenvalue weighted by Crippen LogP contribution is -2.49. The number of carbonyl (C=O) groups is 1. The number of carbonyl (C=O) groups excluding carboxylic acids is 1. The minimum Gasteiger partial charge on any atom is -0.336 e. The minimum absolute atomic E-state index is 0.311. The molecular weight excluding hydrogens is 474 g/mol. The van der Waals surface area contributed by atoms with Gasteiger partial charge in [0, 0.05) is 37.9 Å². The summed E-state index contributed by atoms with van der Waals surface area (Å²) in [5.41, 5.74) is 2.84. The van der Waals surface area contributed by atoms with Gasteiger partial charge in [-0.05, 0) is 42.5 Å². The van der Waals surface area contributed by atoms with Gasteiger partial charge in [-0.1, -0.05) is 49.6 Å². The number of amides is 1. The SMILES string of the molecule is O=C(c1c(F)cccc1F)N1CCN(c2nc3nccc(-c4ccc(C5CCCCC5)cc4)n3n2)CC1. The molecule has 1 saturated heterocycles. The summed E-state index contributed by atoms with van der Waals surface area (Å²) in [5.74, 6) is -0.670. The molecule has 37 heavy (non-hydrogen) atoms. The number of piperazine rings is 1. The Balaban J connectivity index is 1.19. The fraction of sp³-hybridized carbons (Fsp3) is 0.357. The Morgan fingerprint density at radius 3 is 2.27 bits per heavy atom. The van der Waals surface area contributed by atoms with Gasteiger partial charge in [-0.2, -0.15) is 9.50 Å². The van der Waals surface area contributed by atoms with Gasteiger partial charge in [0.2, 0.25) is 5.95 Å². The summed E-state index contributed by atoms with van der Waals surface area (Å²) in [6.45, 7) is 1.52. The van der Waals surface area contributed by atoms with Crippen molar-refractivity contribution in [2.24, 2.45) is 0 Å². The monoisotopic (exact) mass is 502 g/mol. The molecular formula is C28H28F2N6O. The standard InChI is InChI=1S/C28H28F2N6O/c29-22-7-4-8-23(30)25(22)26(37)34-15-17-35(18-16-34)28-32-27-31-14-13-24(36(27)33-28)21-11-9-20(10-12-21)19-5-2-1-3-6-19/h4,7-14,19H,1-3,5-6,15-18H2. The van der Waals surface area contributed by atoms with Crippen molar-refractivity contribution in [3.05, 3.63) is 77.5 Å². The third-order valence-electron chi connectivity index (χ3n) is 7.54. The molecule has 2 aromatic heterocycles. The molecule has 0 atom stereocenters. The number of anilines is 1. The number of rotatable bonds is 4. The summed E-state index contributed by atoms with van der Waals surface area (Å²) >= 11 is 0. The molecule has 1 aliphatic carbocycles. The molecule has 3 heterocycles. The van der Waals surface area contributed by atoms with Crippen LogP contribution in [0.3, 0.4) is 0 Å². The van der Waals surface area contributed by atoms with Gasteiger partial charge in [0.25, 0.3) is 11.7 Å². The van der Waals surface area contributed by atoms with E-state index in [1.165, 1.54) is 48.6 Å². The Morgan fingerprint density at radius 1 is 0.865 bits per heavy atom. The van der Waals surface area contributed by atoms with E-state index in [2.05, 4.69) is 34.2 Å². The average Bonchev–Trinajstić information content (AvgIpc) is 3.38. The second-order valence-corrected chi connectivity index (χ2v) is 9.79. The van der Waals surface area contributed by atoms with Crippen LogP contribution in [0.15, 0.2) is 54.7 Å². The van der Waals surface area contributed by atoms with Crippen molar-refractivity contribution in [1.29, 1.82) is 0 Å². The first-order valence-corrected chi connectivity index (χ1v) is 12.9. The smallest absolute Gasteiger partial charge is 0.259 e. The number of fused-ring (bicyclic) bond motifs is 1. The van der Waals surface area contributed by atoms with Crippen LogP contribution < -0.4 is 4.90 Å². The van der Waals surface area contributed by atoms with Crippen LogP contribution in [0.25, 0.3) is 17.0 Å². The fourth-order valence-electron chi connectivity index (χ4n) is 5.47. The van der Waals surface area contributed by atoms with E-state index in [0.717, 1.165) is 23.4 Å². The highest BCUT2D eigenvalue weighted by Crippen LogP contribution is 2.33. The first kappa shape index (κ1) is 23.5. The van der Waals surface area contributed by atoms with Crippen molar-refractivity contribution < 1.29 is 13.6 Å². The largest absolute Gasteiger partial charge is 0.336 e. The van der Waals surface area contributed by atoms with E-state index in [-0.39, 0.29) is 0 Å². The highest BCUT2D eigenvalue weighted by atomic mass is 19.1. The first-order valence-electron chi connectivity index (χ1n) is 12.9. The number of nitrogens with zero attached hydrogens (tertiary/aromatic N) is 6. The Kier molecular flexibility index (Phi) is 6.28. The predicted molar refractivity (Wildman–Crippen MR) is 137 cm³/mol. The maximum atomic E-state index is 14.1. The maximum Gasteiger partial charge on any atom is 0.259 e. The van der Waals surface area contributed by atoms with Crippen molar-refractivity contribution >= 4 is 17.6 Å². The molecule has 0 spiro atoms. The molecule has 0 bridgehead atoms. The summed E-state index contributed by atoms with van der Waals surface area (Å²) in [5, 5.41) is 4.73. The van der Waals surface area contributed by atoms with Crippen LogP contribution in [0.5, 0.6) is 0 Å². The summed E-state index contributed by atoms with van der Waals surface area (Å²) in [6, 6.07) is 14.1. The lowest BCUT2D eigenvalue weighted by Gasteiger charge is -2.34. The van der Waals surface area contributed by atoms with Crippen LogP contribution in [0.4, 0.5) is 14.7 Å². The second-order valence-electron chi connectivity index (χ2n) is 9.79. The molecule has 0 unspecified atom stereocenters. The number of aromatic nitrogens is 4. The topological polar surface area (TPSA) is 66.6 Å². The van der Waals surface area contributed by atoms with E-state index in [1.54, 1.807) is 10.7 Å². The van der Waals surface area contributed by atoms with E-state index >= 15 is 0 Å². The fourth-order valence-corrected chi connectivity index (χ4v) is 5.47. The Bertz CT molecular complexity index is 1400. The summed E-state index contributed by atoms with van der Waals surface area (Å²) in [7, 11) is 0. The van der Waals surface area contributed by atoms with Crippen LogP contribution >= 0.6 is 0 Å². The number of benzene rings is 2. The average molecular weight is 503 g/mol. The van der Waals surface area contributed by atoms with Gasteiger partial charge in [-0.15, -0.1) is 5.10 Å². The molecule has 0 N–H and O–H groups in total. The third-order valence-corrected chi connectivity index (χ3v) is 7.54. The summed E-state index contributed by atoms with van der Waals surface area (Å²) in [4.78, 5) is 25.2. The summed E-state index contributed by atoms with van der Waals surface area (Å²) < 4.78 is 29.9. The van der Waals surface area contributed by atoms with Gasteiger partial charge >= 0.3 is 0 Å². The first-order chi connectivity index (χ1) is 18.1. The van der Waals surface area contributed by atoms with Crippen LogP contribution in [0.2, 0.25) is 0 Å². The van der Waals surface area contributed by atoms with Crippen molar-refractivity contribution in [1.82, 2.24) is 24.5 Å². The zero-order valence-corrected chi connectivity index (χ0v) is 20.5. The number of hydrogen-bond acceptors (Lipinski definition) is 5. The van der Waals surface area contributed by atoms with E-state index < -0.39 is 23.1 Å². The second kappa shape index (κ2) is 9.88. The molecule has 6 rings (SSSR count). The van der Waals surface area contributed by atoms with Gasteiger partial charge in [-0.3, -0.25) is 4.79 Å². The Hall–Kier alpha value is -3.88. The van der Waals surface area contributed by atoms with Gasteiger partial charge in [0.1, 0.15) is 17.2 Å². The van der Waals surface area contributed by atoms with Gasteiger partial charge in [-0.25, -0.2) is 13.8 Å². The van der Waals surface area contributed by atoms with Crippen molar-refractivity contribution in [3.8, 4) is 11.3 Å². The maximum absolute atomic E-state index is 14.1.